The second kappa shape index (κ2) is 44.4. The summed E-state index contributed by atoms with van der Waals surface area (Å²) in [6.45, 7) is 3.55. The van der Waals surface area contributed by atoms with Gasteiger partial charge in [0, 0.05) is 6.42 Å². The quantitative estimate of drug-likeness (QED) is 0.0263. The molecule has 0 aromatic carbocycles. The van der Waals surface area contributed by atoms with Gasteiger partial charge in [0.2, 0.25) is 5.91 Å². The van der Waals surface area contributed by atoms with E-state index in [1.165, 1.54) is 44.9 Å². The number of hydrogen-bond donors (Lipinski definition) is 6. The Labute approximate surface area is 395 Å². The number of amides is 1. The highest BCUT2D eigenvalue weighted by atomic mass is 16.7. The zero-order valence-corrected chi connectivity index (χ0v) is 40.4. The van der Waals surface area contributed by atoms with Crippen LogP contribution in [0.1, 0.15) is 168 Å². The zero-order valence-electron chi connectivity index (χ0n) is 40.4. The molecule has 0 radical (unpaired) electrons. The lowest BCUT2D eigenvalue weighted by molar-refractivity contribution is -0.302. The van der Waals surface area contributed by atoms with Crippen LogP contribution in [0.4, 0.5) is 0 Å². The molecule has 1 aliphatic rings. The molecule has 0 saturated carbocycles. The third kappa shape index (κ3) is 34.5. The summed E-state index contributed by atoms with van der Waals surface area (Å²) in [7, 11) is 0. The molecule has 1 aliphatic heterocycles. The number of unbranched alkanes of at least 4 members (excludes halogenated alkanes) is 12. The number of nitrogens with one attached hydrogen (secondary N) is 1. The molecule has 9 nitrogen and oxygen atoms in total. The van der Waals surface area contributed by atoms with Gasteiger partial charge in [-0.3, -0.25) is 4.79 Å². The molecule has 7 atom stereocenters. The minimum Gasteiger partial charge on any atom is -0.394 e. The number of aliphatic hydroxyl groups is 5. The van der Waals surface area contributed by atoms with Crippen LogP contribution in [0.5, 0.6) is 0 Å². The number of aliphatic hydroxyl groups excluding tert-OH is 5. The van der Waals surface area contributed by atoms with Gasteiger partial charge in [-0.05, 0) is 96.3 Å². The standard InChI is InChI=1S/C56H91NO8/c1-3-5-7-9-11-13-14-15-16-17-18-19-20-21-22-23-24-25-26-27-28-29-30-31-32-33-34-35-36-38-40-42-44-46-52(60)57-49(50(59)45-43-41-39-37-12-10-8-6-4-2)48-64-56-55(63)54(62)53(61)51(47-58)65-56/h5,7,11-13,15-16,18-19,21-22,24-25,27-28,30-31,37,43,45,49-51,53-56,58-59,61-63H,3-4,6,8-10,14,17,20,23,26,29,32-36,38-42,44,46-48H2,1-2H3,(H,57,60)/b7-5-,13-11-,16-15-,19-18-,22-21-,25-24-,28-27-,31-30-,37-12+,45-43+. The van der Waals surface area contributed by atoms with Gasteiger partial charge >= 0.3 is 0 Å². The third-order valence-electron chi connectivity index (χ3n) is 11.0. The summed E-state index contributed by atoms with van der Waals surface area (Å²) >= 11 is 0. The molecule has 0 aromatic heterocycles. The maximum absolute atomic E-state index is 12.9. The van der Waals surface area contributed by atoms with E-state index in [9.17, 15) is 30.3 Å². The summed E-state index contributed by atoms with van der Waals surface area (Å²) in [5.41, 5.74) is 0. The number of carbonyl (C=O) groups is 1. The Morgan fingerprint density at radius 3 is 1.48 bits per heavy atom. The van der Waals surface area contributed by atoms with E-state index in [0.717, 1.165) is 103 Å². The first-order valence-corrected chi connectivity index (χ1v) is 25.3. The number of ether oxygens (including phenoxy) is 2. The highest BCUT2D eigenvalue weighted by Crippen LogP contribution is 2.22. The van der Waals surface area contributed by atoms with Crippen molar-refractivity contribution in [3.63, 3.8) is 0 Å². The molecule has 1 amide bonds. The van der Waals surface area contributed by atoms with Crippen molar-refractivity contribution in [1.82, 2.24) is 5.32 Å². The number of carbonyl (C=O) groups excluding carboxylic acids is 1. The van der Waals surface area contributed by atoms with Crippen molar-refractivity contribution in [3.05, 3.63) is 122 Å². The van der Waals surface area contributed by atoms with Crippen LogP contribution in [0.3, 0.4) is 0 Å². The summed E-state index contributed by atoms with van der Waals surface area (Å²) in [6.07, 6.45) is 59.8. The molecule has 7 unspecified atom stereocenters. The fourth-order valence-electron chi connectivity index (χ4n) is 7.01. The van der Waals surface area contributed by atoms with Crippen molar-refractivity contribution in [2.24, 2.45) is 0 Å². The Bertz CT molecular complexity index is 1420. The molecule has 65 heavy (non-hydrogen) atoms. The van der Waals surface area contributed by atoms with Gasteiger partial charge in [0.05, 0.1) is 25.4 Å². The van der Waals surface area contributed by atoms with E-state index < -0.39 is 49.5 Å². The van der Waals surface area contributed by atoms with Gasteiger partial charge in [0.1, 0.15) is 24.4 Å². The van der Waals surface area contributed by atoms with E-state index >= 15 is 0 Å². The van der Waals surface area contributed by atoms with E-state index in [1.807, 2.05) is 6.08 Å². The van der Waals surface area contributed by atoms with Gasteiger partial charge in [-0.25, -0.2) is 0 Å². The first kappa shape index (κ1) is 59.6. The van der Waals surface area contributed by atoms with Crippen LogP contribution < -0.4 is 5.32 Å². The fourth-order valence-corrected chi connectivity index (χ4v) is 7.01. The van der Waals surface area contributed by atoms with E-state index in [-0.39, 0.29) is 12.5 Å². The highest BCUT2D eigenvalue weighted by Gasteiger charge is 2.44. The van der Waals surface area contributed by atoms with Gasteiger partial charge in [-0.1, -0.05) is 187 Å². The summed E-state index contributed by atoms with van der Waals surface area (Å²) in [4.78, 5) is 12.9. The number of hydrogen-bond acceptors (Lipinski definition) is 8. The molecule has 6 N–H and O–H groups in total. The van der Waals surface area contributed by atoms with Crippen molar-refractivity contribution in [2.45, 2.75) is 211 Å². The predicted molar refractivity (Wildman–Crippen MR) is 271 cm³/mol. The minimum absolute atomic E-state index is 0.205. The van der Waals surface area contributed by atoms with E-state index in [2.05, 4.69) is 129 Å². The summed E-state index contributed by atoms with van der Waals surface area (Å²) < 4.78 is 11.2. The smallest absolute Gasteiger partial charge is 0.220 e. The molecule has 0 aliphatic carbocycles. The fraction of sp³-hybridized carbons (Fsp3) is 0.625. The maximum Gasteiger partial charge on any atom is 0.220 e. The summed E-state index contributed by atoms with van der Waals surface area (Å²) in [6, 6.07) is -0.832. The van der Waals surface area contributed by atoms with Crippen LogP contribution in [0.25, 0.3) is 0 Å². The average molecular weight is 906 g/mol. The molecule has 0 spiro atoms. The van der Waals surface area contributed by atoms with Crippen LogP contribution in [0.2, 0.25) is 0 Å². The van der Waals surface area contributed by atoms with Gasteiger partial charge < -0.3 is 40.3 Å². The monoisotopic (exact) mass is 906 g/mol. The van der Waals surface area contributed by atoms with Crippen molar-refractivity contribution in [3.8, 4) is 0 Å². The van der Waals surface area contributed by atoms with Crippen LogP contribution in [0.15, 0.2) is 122 Å². The lowest BCUT2D eigenvalue weighted by atomic mass is 9.99. The lowest BCUT2D eigenvalue weighted by Crippen LogP contribution is -2.60. The first-order valence-electron chi connectivity index (χ1n) is 25.3. The molecule has 1 fully saturated rings. The summed E-state index contributed by atoms with van der Waals surface area (Å²) in [5.74, 6) is -0.205. The molecule has 9 heteroatoms. The minimum atomic E-state index is -1.58. The van der Waals surface area contributed by atoms with Crippen LogP contribution in [-0.2, 0) is 14.3 Å². The largest absolute Gasteiger partial charge is 0.394 e. The van der Waals surface area contributed by atoms with Gasteiger partial charge in [0.25, 0.3) is 0 Å². The zero-order chi connectivity index (χ0) is 47.3. The van der Waals surface area contributed by atoms with Crippen molar-refractivity contribution < 1.29 is 39.8 Å². The van der Waals surface area contributed by atoms with E-state index in [0.29, 0.717) is 6.42 Å². The topological polar surface area (TPSA) is 149 Å². The predicted octanol–water partition coefficient (Wildman–Crippen LogP) is 11.6. The van der Waals surface area contributed by atoms with Crippen LogP contribution >= 0.6 is 0 Å². The Balaban J connectivity index is 2.19. The van der Waals surface area contributed by atoms with Gasteiger partial charge in [-0.2, -0.15) is 0 Å². The highest BCUT2D eigenvalue weighted by molar-refractivity contribution is 5.76. The first-order chi connectivity index (χ1) is 31.8. The van der Waals surface area contributed by atoms with E-state index in [4.69, 9.17) is 9.47 Å². The second-order valence-corrected chi connectivity index (χ2v) is 16.9. The SMILES string of the molecule is CC/C=C\C/C=C\C/C=C\C/C=C\C/C=C\C/C=C\C/C=C\C/C=C\CCCCCCCCCCC(=O)NC(COC1OC(CO)C(O)C(O)C1O)C(O)/C=C/CC/C=C/CCCCC. The second-order valence-electron chi connectivity index (χ2n) is 16.9. The molecule has 0 aromatic rings. The Hall–Kier alpha value is -3.41. The molecule has 1 rings (SSSR count). The van der Waals surface area contributed by atoms with Crippen molar-refractivity contribution >= 4 is 5.91 Å². The van der Waals surface area contributed by atoms with Crippen LogP contribution in [0, 0.1) is 0 Å². The third-order valence-corrected chi connectivity index (χ3v) is 11.0. The molecule has 368 valence electrons. The molecule has 1 heterocycles. The van der Waals surface area contributed by atoms with Gasteiger partial charge in [-0.15, -0.1) is 0 Å². The normalized spacial score (nSPS) is 21.0. The lowest BCUT2D eigenvalue weighted by Gasteiger charge is -2.40. The maximum atomic E-state index is 12.9. The molecular formula is C56H91NO8. The Morgan fingerprint density at radius 1 is 0.538 bits per heavy atom. The molecular weight excluding hydrogens is 815 g/mol. The molecule has 0 bridgehead atoms. The number of rotatable bonds is 40. The Morgan fingerprint density at radius 2 is 0.969 bits per heavy atom. The summed E-state index contributed by atoms with van der Waals surface area (Å²) in [5, 5.41) is 54.0. The Kier molecular flexibility index (Phi) is 40.7. The van der Waals surface area contributed by atoms with Crippen LogP contribution in [-0.4, -0.2) is 87.5 Å². The van der Waals surface area contributed by atoms with Crippen molar-refractivity contribution in [1.29, 1.82) is 0 Å². The van der Waals surface area contributed by atoms with Gasteiger partial charge in [0.15, 0.2) is 6.29 Å². The average Bonchev–Trinajstić information content (AvgIpc) is 3.31. The van der Waals surface area contributed by atoms with E-state index in [1.54, 1.807) is 6.08 Å². The van der Waals surface area contributed by atoms with Crippen molar-refractivity contribution in [2.75, 3.05) is 13.2 Å². The number of allylic oxidation sites excluding steroid dienone is 19. The molecule has 1 saturated heterocycles.